The maximum atomic E-state index is 14.8. The van der Waals surface area contributed by atoms with E-state index >= 15 is 0 Å². The molecule has 162 valence electrons. The summed E-state index contributed by atoms with van der Waals surface area (Å²) in [6.07, 6.45) is 1.52. The van der Waals surface area contributed by atoms with E-state index in [0.717, 1.165) is 0 Å². The number of aromatic amines is 1. The molecule has 0 bridgehead atoms. The Kier molecular flexibility index (Phi) is 4.87. The van der Waals surface area contributed by atoms with Crippen molar-refractivity contribution in [2.24, 2.45) is 0 Å². The van der Waals surface area contributed by atoms with E-state index in [-0.39, 0.29) is 23.1 Å². The topological polar surface area (TPSA) is 76.0 Å². The van der Waals surface area contributed by atoms with Crippen molar-refractivity contribution in [3.05, 3.63) is 59.6 Å². The third-order valence-corrected chi connectivity index (χ3v) is 4.93. The number of H-pyrrole nitrogens is 1. The number of ether oxygens (including phenoxy) is 1. The normalized spacial score (nSPS) is 12.0. The standard InChI is InChI=1S/C21H18F4N4O2/c1-4-29-18(13-5-10-9-26-19(30)12(10)8-14(13)23)27-28-20(29)21(2,3)31-17-15(24)6-11(22)7-16(17)25/h5-9,26,30H,4H2,1-3H3. The maximum Gasteiger partial charge on any atom is 0.196 e. The molecule has 0 aliphatic carbocycles. The zero-order valence-electron chi connectivity index (χ0n) is 16.8. The molecule has 0 aliphatic rings. The van der Waals surface area contributed by atoms with Gasteiger partial charge in [-0.3, -0.25) is 0 Å². The molecular weight excluding hydrogens is 416 g/mol. The van der Waals surface area contributed by atoms with Gasteiger partial charge < -0.3 is 19.4 Å². The van der Waals surface area contributed by atoms with E-state index in [1.807, 2.05) is 0 Å². The number of aromatic hydroxyl groups is 1. The second-order valence-electron chi connectivity index (χ2n) is 7.46. The Morgan fingerprint density at radius 1 is 1.03 bits per heavy atom. The monoisotopic (exact) mass is 434 g/mol. The maximum absolute atomic E-state index is 14.8. The van der Waals surface area contributed by atoms with Gasteiger partial charge in [-0.15, -0.1) is 10.2 Å². The fourth-order valence-corrected chi connectivity index (χ4v) is 3.48. The first-order chi connectivity index (χ1) is 14.6. The van der Waals surface area contributed by atoms with E-state index in [9.17, 15) is 22.7 Å². The molecule has 0 radical (unpaired) electrons. The minimum atomic E-state index is -1.40. The number of nitrogens with zero attached hydrogens (tertiary/aromatic N) is 3. The van der Waals surface area contributed by atoms with Gasteiger partial charge in [-0.2, -0.15) is 0 Å². The SMILES string of the molecule is CCn1c(-c2cc3c[nH]c(O)c3cc2F)nnc1C(C)(C)Oc1c(F)cc(F)cc1F. The van der Waals surface area contributed by atoms with Crippen LogP contribution in [-0.2, 0) is 12.1 Å². The first-order valence-electron chi connectivity index (χ1n) is 9.39. The van der Waals surface area contributed by atoms with Crippen molar-refractivity contribution in [1.82, 2.24) is 19.7 Å². The van der Waals surface area contributed by atoms with E-state index in [1.165, 1.54) is 32.2 Å². The molecule has 0 unspecified atom stereocenters. The van der Waals surface area contributed by atoms with Crippen LogP contribution in [0.15, 0.2) is 30.5 Å². The zero-order chi connectivity index (χ0) is 22.5. The quantitative estimate of drug-likeness (QED) is 0.433. The number of rotatable bonds is 5. The molecule has 2 N–H and O–H groups in total. The number of benzene rings is 2. The molecule has 4 rings (SSSR count). The second kappa shape index (κ2) is 7.29. The molecule has 4 aromatic rings. The average Bonchev–Trinajstić information content (AvgIpc) is 3.28. The predicted octanol–water partition coefficient (Wildman–Crippen LogP) is 5.02. The van der Waals surface area contributed by atoms with Crippen molar-refractivity contribution in [1.29, 1.82) is 0 Å². The third-order valence-electron chi connectivity index (χ3n) is 4.93. The molecule has 0 aliphatic heterocycles. The number of nitrogens with one attached hydrogen (secondary N) is 1. The lowest BCUT2D eigenvalue weighted by molar-refractivity contribution is 0.0824. The van der Waals surface area contributed by atoms with Gasteiger partial charge in [0, 0.05) is 35.6 Å². The fraction of sp³-hybridized carbons (Fsp3) is 0.238. The van der Waals surface area contributed by atoms with Gasteiger partial charge in [0.15, 0.2) is 40.5 Å². The van der Waals surface area contributed by atoms with Crippen LogP contribution in [0.5, 0.6) is 11.6 Å². The molecule has 6 nitrogen and oxygen atoms in total. The highest BCUT2D eigenvalue weighted by Gasteiger charge is 2.33. The van der Waals surface area contributed by atoms with Gasteiger partial charge in [0.25, 0.3) is 0 Å². The van der Waals surface area contributed by atoms with Crippen LogP contribution in [0.4, 0.5) is 17.6 Å². The summed E-state index contributed by atoms with van der Waals surface area (Å²) >= 11 is 0. The highest BCUT2D eigenvalue weighted by Crippen LogP contribution is 2.35. The Labute approximate surface area is 174 Å². The van der Waals surface area contributed by atoms with Crippen molar-refractivity contribution in [3.63, 3.8) is 0 Å². The number of aromatic nitrogens is 4. The molecule has 31 heavy (non-hydrogen) atoms. The molecule has 0 fully saturated rings. The minimum absolute atomic E-state index is 0.127. The summed E-state index contributed by atoms with van der Waals surface area (Å²) in [7, 11) is 0. The Hall–Kier alpha value is -3.56. The Morgan fingerprint density at radius 2 is 1.71 bits per heavy atom. The average molecular weight is 434 g/mol. The lowest BCUT2D eigenvalue weighted by Gasteiger charge is -2.26. The lowest BCUT2D eigenvalue weighted by atomic mass is 10.1. The van der Waals surface area contributed by atoms with Crippen LogP contribution in [0.3, 0.4) is 0 Å². The number of halogens is 4. The van der Waals surface area contributed by atoms with Crippen molar-refractivity contribution in [3.8, 4) is 23.0 Å². The Morgan fingerprint density at radius 3 is 2.35 bits per heavy atom. The second-order valence-corrected chi connectivity index (χ2v) is 7.46. The van der Waals surface area contributed by atoms with E-state index in [1.54, 1.807) is 11.5 Å². The predicted molar refractivity (Wildman–Crippen MR) is 105 cm³/mol. The summed E-state index contributed by atoms with van der Waals surface area (Å²) in [5.74, 6) is -4.65. The highest BCUT2D eigenvalue weighted by atomic mass is 19.1. The van der Waals surface area contributed by atoms with Gasteiger partial charge in [0.05, 0.1) is 5.56 Å². The van der Waals surface area contributed by atoms with E-state index < -0.39 is 34.6 Å². The van der Waals surface area contributed by atoms with E-state index in [2.05, 4.69) is 15.2 Å². The number of hydrogen-bond acceptors (Lipinski definition) is 4. The summed E-state index contributed by atoms with van der Waals surface area (Å²) in [4.78, 5) is 2.61. The zero-order valence-corrected chi connectivity index (χ0v) is 16.8. The summed E-state index contributed by atoms with van der Waals surface area (Å²) in [5, 5.41) is 18.8. The summed E-state index contributed by atoms with van der Waals surface area (Å²) < 4.78 is 63.3. The third kappa shape index (κ3) is 3.47. The van der Waals surface area contributed by atoms with Gasteiger partial charge in [-0.25, -0.2) is 17.6 Å². The van der Waals surface area contributed by atoms with Crippen LogP contribution in [0.2, 0.25) is 0 Å². The molecule has 0 saturated carbocycles. The number of fused-ring (bicyclic) bond motifs is 1. The first kappa shape index (κ1) is 20.7. The van der Waals surface area contributed by atoms with Gasteiger partial charge in [0.1, 0.15) is 11.6 Å². The molecule has 2 heterocycles. The van der Waals surface area contributed by atoms with Crippen LogP contribution >= 0.6 is 0 Å². The first-order valence-corrected chi connectivity index (χ1v) is 9.39. The van der Waals surface area contributed by atoms with Crippen molar-refractivity contribution in [2.75, 3.05) is 0 Å². The largest absolute Gasteiger partial charge is 0.494 e. The molecule has 10 heteroatoms. The van der Waals surface area contributed by atoms with Crippen LogP contribution in [0.25, 0.3) is 22.2 Å². The minimum Gasteiger partial charge on any atom is -0.494 e. The fourth-order valence-electron chi connectivity index (χ4n) is 3.48. The lowest BCUT2D eigenvalue weighted by Crippen LogP contribution is -2.30. The van der Waals surface area contributed by atoms with E-state index in [4.69, 9.17) is 4.74 Å². The van der Waals surface area contributed by atoms with Gasteiger partial charge in [0.2, 0.25) is 0 Å². The van der Waals surface area contributed by atoms with Crippen molar-refractivity contribution in [2.45, 2.75) is 32.9 Å². The van der Waals surface area contributed by atoms with Gasteiger partial charge in [-0.05, 0) is 32.9 Å². The number of hydrogen-bond donors (Lipinski definition) is 2. The smallest absolute Gasteiger partial charge is 0.196 e. The van der Waals surface area contributed by atoms with Crippen LogP contribution in [-0.4, -0.2) is 24.9 Å². The van der Waals surface area contributed by atoms with Crippen molar-refractivity contribution >= 4 is 10.8 Å². The summed E-state index contributed by atoms with van der Waals surface area (Å²) in [5.41, 5.74) is -1.27. The molecule has 0 saturated heterocycles. The molecule has 0 spiro atoms. The highest BCUT2D eigenvalue weighted by molar-refractivity contribution is 5.90. The van der Waals surface area contributed by atoms with Crippen LogP contribution < -0.4 is 4.74 Å². The summed E-state index contributed by atoms with van der Waals surface area (Å²) in [6.45, 7) is 5.09. The molecule has 0 amide bonds. The van der Waals surface area contributed by atoms with Gasteiger partial charge >= 0.3 is 0 Å². The Balaban J connectivity index is 1.79. The van der Waals surface area contributed by atoms with Crippen molar-refractivity contribution < 1.29 is 27.4 Å². The molecule has 2 aromatic heterocycles. The molecule has 2 aromatic carbocycles. The van der Waals surface area contributed by atoms with E-state index in [0.29, 0.717) is 29.4 Å². The molecular formula is C21H18F4N4O2. The van der Waals surface area contributed by atoms with Crippen LogP contribution in [0, 0.1) is 23.3 Å². The Bertz CT molecular complexity index is 1270. The van der Waals surface area contributed by atoms with Gasteiger partial charge in [-0.1, -0.05) is 0 Å². The summed E-state index contributed by atoms with van der Waals surface area (Å²) in [6, 6.07) is 3.71. The molecule has 0 atom stereocenters. The van der Waals surface area contributed by atoms with Crippen LogP contribution in [0.1, 0.15) is 26.6 Å².